The van der Waals surface area contributed by atoms with E-state index in [4.69, 9.17) is 9.47 Å². The van der Waals surface area contributed by atoms with E-state index in [1.165, 1.54) is 12.0 Å². The number of nitrogens with zero attached hydrogens (tertiary/aromatic N) is 1. The van der Waals surface area contributed by atoms with Crippen LogP contribution < -0.4 is 0 Å². The average Bonchev–Trinajstić information content (AvgIpc) is 2.48. The molecule has 1 unspecified atom stereocenters. The molecule has 1 saturated heterocycles. The molecule has 0 spiro atoms. The Kier molecular flexibility index (Phi) is 4.39. The Bertz CT molecular complexity index is 527. The number of ether oxygens (including phenoxy) is 2. The zero-order valence-corrected chi connectivity index (χ0v) is 12.0. The molecule has 2 rings (SSSR count). The molecule has 1 heterocycles. The Morgan fingerprint density at radius 1 is 1.30 bits per heavy atom. The SMILES string of the molecule is COC(=O)C1COCCN1C(=O)c1ccc(C)c(C)c1. The molecule has 0 bridgehead atoms. The van der Waals surface area contributed by atoms with E-state index in [0.29, 0.717) is 18.7 Å². The van der Waals surface area contributed by atoms with Crippen LogP contribution in [-0.2, 0) is 14.3 Å². The van der Waals surface area contributed by atoms with Crippen molar-refractivity contribution in [3.63, 3.8) is 0 Å². The first-order valence-corrected chi connectivity index (χ1v) is 6.58. The highest BCUT2D eigenvalue weighted by atomic mass is 16.5. The number of rotatable bonds is 2. The van der Waals surface area contributed by atoms with Gasteiger partial charge in [0.05, 0.1) is 20.3 Å². The molecule has 1 amide bonds. The van der Waals surface area contributed by atoms with Gasteiger partial charge in [0.15, 0.2) is 6.04 Å². The topological polar surface area (TPSA) is 55.8 Å². The number of aryl methyl sites for hydroxylation is 2. The van der Waals surface area contributed by atoms with Crippen molar-refractivity contribution < 1.29 is 19.1 Å². The Morgan fingerprint density at radius 3 is 2.70 bits per heavy atom. The molecular formula is C15H19NO4. The highest BCUT2D eigenvalue weighted by molar-refractivity contribution is 5.97. The summed E-state index contributed by atoms with van der Waals surface area (Å²) in [6, 6.07) is 4.88. The first kappa shape index (κ1) is 14.5. The Hall–Kier alpha value is -1.88. The van der Waals surface area contributed by atoms with Gasteiger partial charge in [-0.1, -0.05) is 6.07 Å². The van der Waals surface area contributed by atoms with Crippen LogP contribution in [0.2, 0.25) is 0 Å². The summed E-state index contributed by atoms with van der Waals surface area (Å²) in [6.45, 7) is 4.97. The van der Waals surface area contributed by atoms with E-state index >= 15 is 0 Å². The summed E-state index contributed by atoms with van der Waals surface area (Å²) < 4.78 is 10.0. The van der Waals surface area contributed by atoms with Gasteiger partial charge in [0, 0.05) is 12.1 Å². The first-order chi connectivity index (χ1) is 9.54. The van der Waals surface area contributed by atoms with Crippen LogP contribution in [0.3, 0.4) is 0 Å². The van der Waals surface area contributed by atoms with Gasteiger partial charge in [0.2, 0.25) is 0 Å². The molecule has 0 N–H and O–H groups in total. The molecule has 1 aliphatic heterocycles. The molecule has 20 heavy (non-hydrogen) atoms. The number of carbonyl (C=O) groups is 2. The summed E-state index contributed by atoms with van der Waals surface area (Å²) in [6.07, 6.45) is 0. The molecule has 1 aromatic carbocycles. The van der Waals surface area contributed by atoms with Crippen LogP contribution in [0.4, 0.5) is 0 Å². The number of benzene rings is 1. The van der Waals surface area contributed by atoms with Crippen molar-refractivity contribution in [2.45, 2.75) is 19.9 Å². The second kappa shape index (κ2) is 6.05. The van der Waals surface area contributed by atoms with E-state index in [9.17, 15) is 9.59 Å². The van der Waals surface area contributed by atoms with Crippen LogP contribution in [-0.4, -0.2) is 49.7 Å². The standard InChI is InChI=1S/C15H19NO4/c1-10-4-5-12(8-11(10)2)14(17)16-6-7-20-9-13(16)15(18)19-3/h4-5,8,13H,6-7,9H2,1-3H3. The molecule has 108 valence electrons. The maximum atomic E-state index is 12.6. The molecule has 1 aromatic rings. The maximum absolute atomic E-state index is 12.6. The predicted octanol–water partition coefficient (Wildman–Crippen LogP) is 1.32. The van der Waals surface area contributed by atoms with Crippen LogP contribution >= 0.6 is 0 Å². The highest BCUT2D eigenvalue weighted by Gasteiger charge is 2.34. The second-order valence-electron chi connectivity index (χ2n) is 4.91. The summed E-state index contributed by atoms with van der Waals surface area (Å²) in [7, 11) is 1.32. The fourth-order valence-corrected chi connectivity index (χ4v) is 2.22. The van der Waals surface area contributed by atoms with Gasteiger partial charge in [0.25, 0.3) is 5.91 Å². The quantitative estimate of drug-likeness (QED) is 0.765. The third-order valence-electron chi connectivity index (χ3n) is 3.62. The molecule has 5 heteroatoms. The predicted molar refractivity (Wildman–Crippen MR) is 73.6 cm³/mol. The number of morpholine rings is 1. The fraction of sp³-hybridized carbons (Fsp3) is 0.467. The van der Waals surface area contributed by atoms with Crippen LogP contribution in [0.1, 0.15) is 21.5 Å². The maximum Gasteiger partial charge on any atom is 0.331 e. The largest absolute Gasteiger partial charge is 0.467 e. The zero-order chi connectivity index (χ0) is 14.7. The minimum Gasteiger partial charge on any atom is -0.467 e. The van der Waals surface area contributed by atoms with Gasteiger partial charge < -0.3 is 14.4 Å². The summed E-state index contributed by atoms with van der Waals surface area (Å²) in [5.74, 6) is -0.603. The Balaban J connectivity index is 2.25. The summed E-state index contributed by atoms with van der Waals surface area (Å²) in [4.78, 5) is 25.8. The third kappa shape index (κ3) is 2.82. The minimum absolute atomic E-state index is 0.160. The lowest BCUT2D eigenvalue weighted by Gasteiger charge is -2.33. The molecule has 1 fully saturated rings. The van der Waals surface area contributed by atoms with E-state index in [1.54, 1.807) is 6.07 Å². The van der Waals surface area contributed by atoms with Crippen molar-refractivity contribution in [2.24, 2.45) is 0 Å². The van der Waals surface area contributed by atoms with Crippen molar-refractivity contribution >= 4 is 11.9 Å². The molecule has 1 atom stereocenters. The summed E-state index contributed by atoms with van der Waals surface area (Å²) in [5, 5.41) is 0. The van der Waals surface area contributed by atoms with E-state index in [2.05, 4.69) is 0 Å². The minimum atomic E-state index is -0.664. The Morgan fingerprint density at radius 2 is 2.05 bits per heavy atom. The number of amides is 1. The van der Waals surface area contributed by atoms with Gasteiger partial charge in [-0.25, -0.2) is 4.79 Å². The number of methoxy groups -OCH3 is 1. The lowest BCUT2D eigenvalue weighted by Crippen LogP contribution is -2.53. The normalized spacial score (nSPS) is 18.8. The van der Waals surface area contributed by atoms with Crippen molar-refractivity contribution in [1.29, 1.82) is 0 Å². The van der Waals surface area contributed by atoms with Crippen LogP contribution in [0.5, 0.6) is 0 Å². The van der Waals surface area contributed by atoms with Crippen LogP contribution in [0, 0.1) is 13.8 Å². The van der Waals surface area contributed by atoms with E-state index in [-0.39, 0.29) is 12.5 Å². The smallest absolute Gasteiger partial charge is 0.331 e. The van der Waals surface area contributed by atoms with Crippen molar-refractivity contribution in [3.8, 4) is 0 Å². The lowest BCUT2D eigenvalue weighted by atomic mass is 10.0. The van der Waals surface area contributed by atoms with Gasteiger partial charge in [0.1, 0.15) is 0 Å². The molecular weight excluding hydrogens is 258 g/mol. The second-order valence-corrected chi connectivity index (χ2v) is 4.91. The van der Waals surface area contributed by atoms with Gasteiger partial charge >= 0.3 is 5.97 Å². The van der Waals surface area contributed by atoms with E-state index in [0.717, 1.165) is 11.1 Å². The average molecular weight is 277 g/mol. The molecule has 0 radical (unpaired) electrons. The third-order valence-corrected chi connectivity index (χ3v) is 3.62. The van der Waals surface area contributed by atoms with Gasteiger partial charge in [-0.2, -0.15) is 0 Å². The van der Waals surface area contributed by atoms with Gasteiger partial charge in [-0.15, -0.1) is 0 Å². The molecule has 0 saturated carbocycles. The number of carbonyl (C=O) groups excluding carboxylic acids is 2. The molecule has 0 aliphatic carbocycles. The van der Waals surface area contributed by atoms with Gasteiger partial charge in [-0.3, -0.25) is 4.79 Å². The highest BCUT2D eigenvalue weighted by Crippen LogP contribution is 2.16. The van der Waals surface area contributed by atoms with E-state index < -0.39 is 12.0 Å². The Labute approximate surface area is 118 Å². The van der Waals surface area contributed by atoms with Crippen LogP contribution in [0.25, 0.3) is 0 Å². The molecule has 1 aliphatic rings. The number of hydrogen-bond donors (Lipinski definition) is 0. The van der Waals surface area contributed by atoms with Crippen molar-refractivity contribution in [2.75, 3.05) is 26.9 Å². The summed E-state index contributed by atoms with van der Waals surface area (Å²) >= 11 is 0. The summed E-state index contributed by atoms with van der Waals surface area (Å²) in [5.41, 5.74) is 2.77. The zero-order valence-electron chi connectivity index (χ0n) is 12.0. The van der Waals surface area contributed by atoms with Gasteiger partial charge in [-0.05, 0) is 37.1 Å². The monoisotopic (exact) mass is 277 g/mol. The molecule has 0 aromatic heterocycles. The van der Waals surface area contributed by atoms with E-state index in [1.807, 2.05) is 26.0 Å². The molecule has 5 nitrogen and oxygen atoms in total. The number of hydrogen-bond acceptors (Lipinski definition) is 4. The van der Waals surface area contributed by atoms with Crippen LogP contribution in [0.15, 0.2) is 18.2 Å². The fourth-order valence-electron chi connectivity index (χ4n) is 2.22. The first-order valence-electron chi connectivity index (χ1n) is 6.58. The lowest BCUT2D eigenvalue weighted by molar-refractivity contribution is -0.151. The van der Waals surface area contributed by atoms with Crippen molar-refractivity contribution in [3.05, 3.63) is 34.9 Å². The van der Waals surface area contributed by atoms with Crippen molar-refractivity contribution in [1.82, 2.24) is 4.90 Å². The number of esters is 1.